The zero-order chi connectivity index (χ0) is 22.9. The van der Waals surface area contributed by atoms with Crippen LogP contribution < -0.4 is 0 Å². The van der Waals surface area contributed by atoms with E-state index in [0.717, 1.165) is 0 Å². The molecule has 0 N–H and O–H groups in total. The van der Waals surface area contributed by atoms with Crippen LogP contribution in [0.4, 0.5) is 0 Å². The zero-order valence-corrected chi connectivity index (χ0v) is 20.4. The molecule has 0 amide bonds. The molecule has 0 saturated carbocycles. The second kappa shape index (κ2) is 5.68. The summed E-state index contributed by atoms with van der Waals surface area (Å²) in [6.45, 7) is 14.6. The average Bonchev–Trinajstić information content (AvgIpc) is 3.29. The first-order chi connectivity index (χ1) is 15.7. The summed E-state index contributed by atoms with van der Waals surface area (Å²) in [6, 6.07) is 27.4. The van der Waals surface area contributed by atoms with Crippen LogP contribution in [-0.4, -0.2) is 0 Å². The average molecular weight is 427 g/mol. The minimum Gasteiger partial charge on any atom is -0.0619 e. The molecule has 0 radical (unpaired) electrons. The third-order valence-corrected chi connectivity index (χ3v) is 8.98. The summed E-state index contributed by atoms with van der Waals surface area (Å²) in [4.78, 5) is 0. The Morgan fingerprint density at radius 2 is 0.667 bits per heavy atom. The van der Waals surface area contributed by atoms with Gasteiger partial charge in [-0.05, 0) is 66.8 Å². The molecule has 0 unspecified atom stereocenters. The first-order valence-corrected chi connectivity index (χ1v) is 12.2. The Kier molecular flexibility index (Phi) is 3.33. The monoisotopic (exact) mass is 426 g/mol. The van der Waals surface area contributed by atoms with Crippen LogP contribution in [0.25, 0.3) is 33.4 Å². The maximum atomic E-state index is 2.44. The van der Waals surface area contributed by atoms with Crippen molar-refractivity contribution in [2.45, 2.75) is 57.8 Å². The fourth-order valence-electron chi connectivity index (χ4n) is 7.58. The van der Waals surface area contributed by atoms with Gasteiger partial charge in [-0.15, -0.1) is 0 Å². The minimum atomic E-state index is -0.0414. The summed E-state index contributed by atoms with van der Waals surface area (Å²) in [5, 5.41) is 0. The number of rotatable bonds is 0. The van der Waals surface area contributed by atoms with Gasteiger partial charge in [-0.3, -0.25) is 0 Å². The molecule has 0 heteroatoms. The predicted octanol–water partition coefficient (Wildman–Crippen LogP) is 8.61. The summed E-state index contributed by atoms with van der Waals surface area (Å²) in [5.74, 6) is 0. The van der Waals surface area contributed by atoms with Crippen LogP contribution >= 0.6 is 0 Å². The predicted molar refractivity (Wildman–Crippen MR) is 139 cm³/mol. The van der Waals surface area contributed by atoms with Crippen LogP contribution in [0.15, 0.2) is 72.8 Å². The van der Waals surface area contributed by atoms with Gasteiger partial charge in [-0.25, -0.2) is 0 Å². The van der Waals surface area contributed by atoms with E-state index in [-0.39, 0.29) is 16.2 Å². The van der Waals surface area contributed by atoms with Crippen LogP contribution in [-0.2, 0) is 16.2 Å². The summed E-state index contributed by atoms with van der Waals surface area (Å²) in [6.07, 6.45) is 0. The summed E-state index contributed by atoms with van der Waals surface area (Å²) >= 11 is 0. The molecule has 0 saturated heterocycles. The van der Waals surface area contributed by atoms with E-state index in [4.69, 9.17) is 0 Å². The molecule has 0 fully saturated rings. The second-order valence-electron chi connectivity index (χ2n) is 11.8. The Balaban J connectivity index is 1.79. The lowest BCUT2D eigenvalue weighted by Gasteiger charge is -2.33. The van der Waals surface area contributed by atoms with Gasteiger partial charge in [0.15, 0.2) is 0 Å². The molecule has 0 atom stereocenters. The van der Waals surface area contributed by atoms with Crippen LogP contribution in [0.5, 0.6) is 0 Å². The highest BCUT2D eigenvalue weighted by Crippen LogP contribution is 2.67. The summed E-state index contributed by atoms with van der Waals surface area (Å²) in [5.41, 5.74) is 17.7. The van der Waals surface area contributed by atoms with E-state index in [1.54, 1.807) is 11.1 Å². The van der Waals surface area contributed by atoms with Crippen LogP contribution in [0.2, 0.25) is 0 Å². The summed E-state index contributed by atoms with van der Waals surface area (Å²) in [7, 11) is 0. The van der Waals surface area contributed by atoms with Crippen molar-refractivity contribution in [2.75, 3.05) is 0 Å². The zero-order valence-electron chi connectivity index (χ0n) is 20.4. The quantitative estimate of drug-likeness (QED) is 0.264. The van der Waals surface area contributed by atoms with Gasteiger partial charge in [0.2, 0.25) is 0 Å². The molecule has 3 aliphatic carbocycles. The SMILES string of the molecule is CC1(C)c2ccccc2-c2c3c(c4c(c21)-c1ccccc1C4(C)C)C(C)(C)c1ccccc1-3. The molecule has 0 aliphatic heterocycles. The van der Waals surface area contributed by atoms with E-state index >= 15 is 0 Å². The van der Waals surface area contributed by atoms with Crippen molar-refractivity contribution in [2.24, 2.45) is 0 Å². The van der Waals surface area contributed by atoms with E-state index in [1.807, 2.05) is 0 Å². The standard InChI is InChI=1S/C33H30/c1-31(2)22-16-10-7-13-19(22)25-26-20-14-8-11-17-23(20)32(3,4)29(26)30-27(28(25)31)21-15-9-12-18-24(21)33(30,5)6/h7-18H,1-6H3. The van der Waals surface area contributed by atoms with Gasteiger partial charge in [-0.2, -0.15) is 0 Å². The molecule has 4 aromatic rings. The van der Waals surface area contributed by atoms with Crippen LogP contribution in [0.3, 0.4) is 0 Å². The van der Waals surface area contributed by atoms with E-state index in [9.17, 15) is 0 Å². The van der Waals surface area contributed by atoms with Crippen molar-refractivity contribution in [3.05, 3.63) is 106 Å². The Hall–Kier alpha value is -3.12. The van der Waals surface area contributed by atoms with Crippen molar-refractivity contribution < 1.29 is 0 Å². The molecule has 4 aromatic carbocycles. The van der Waals surface area contributed by atoms with Gasteiger partial charge in [0, 0.05) is 16.2 Å². The highest BCUT2D eigenvalue weighted by molar-refractivity contribution is 6.05. The number of benzene rings is 4. The fourth-order valence-corrected chi connectivity index (χ4v) is 7.58. The molecule has 162 valence electrons. The van der Waals surface area contributed by atoms with Crippen LogP contribution in [0.1, 0.15) is 74.9 Å². The molecule has 7 rings (SSSR count). The lowest BCUT2D eigenvalue weighted by atomic mass is 9.69. The molecular formula is C33H30. The van der Waals surface area contributed by atoms with Crippen molar-refractivity contribution >= 4 is 0 Å². The molecule has 0 aromatic heterocycles. The normalized spacial score (nSPS) is 18.7. The maximum absolute atomic E-state index is 2.44. The Morgan fingerprint density at radius 3 is 1.12 bits per heavy atom. The third kappa shape index (κ3) is 2.01. The van der Waals surface area contributed by atoms with Gasteiger partial charge in [-0.1, -0.05) is 114 Å². The first-order valence-electron chi connectivity index (χ1n) is 12.2. The smallest absolute Gasteiger partial charge is 0.0165 e. The Morgan fingerprint density at radius 1 is 0.364 bits per heavy atom. The molecule has 33 heavy (non-hydrogen) atoms. The lowest BCUT2D eigenvalue weighted by molar-refractivity contribution is 0.598. The second-order valence-corrected chi connectivity index (χ2v) is 11.8. The number of hydrogen-bond donors (Lipinski definition) is 0. The van der Waals surface area contributed by atoms with Gasteiger partial charge in [0.25, 0.3) is 0 Å². The van der Waals surface area contributed by atoms with Crippen molar-refractivity contribution in [1.82, 2.24) is 0 Å². The van der Waals surface area contributed by atoms with Gasteiger partial charge in [0.05, 0.1) is 0 Å². The topological polar surface area (TPSA) is 0 Å². The van der Waals surface area contributed by atoms with Gasteiger partial charge in [0.1, 0.15) is 0 Å². The molecular weight excluding hydrogens is 396 g/mol. The molecule has 0 heterocycles. The largest absolute Gasteiger partial charge is 0.0619 e. The lowest BCUT2D eigenvalue weighted by Crippen LogP contribution is -2.25. The van der Waals surface area contributed by atoms with E-state index in [0.29, 0.717) is 0 Å². The first kappa shape index (κ1) is 19.4. The number of fused-ring (bicyclic) bond motifs is 12. The molecule has 3 aliphatic rings. The maximum Gasteiger partial charge on any atom is 0.0165 e. The highest BCUT2D eigenvalue weighted by Gasteiger charge is 2.52. The van der Waals surface area contributed by atoms with E-state index in [2.05, 4.69) is 114 Å². The highest BCUT2D eigenvalue weighted by atomic mass is 14.5. The van der Waals surface area contributed by atoms with Gasteiger partial charge < -0.3 is 0 Å². The van der Waals surface area contributed by atoms with Crippen LogP contribution in [0, 0.1) is 0 Å². The molecule has 0 bridgehead atoms. The van der Waals surface area contributed by atoms with Crippen molar-refractivity contribution in [3.8, 4) is 33.4 Å². The Labute approximate surface area is 197 Å². The fraction of sp³-hybridized carbons (Fsp3) is 0.273. The van der Waals surface area contributed by atoms with Crippen molar-refractivity contribution in [3.63, 3.8) is 0 Å². The third-order valence-electron chi connectivity index (χ3n) is 8.98. The summed E-state index contributed by atoms with van der Waals surface area (Å²) < 4.78 is 0. The van der Waals surface area contributed by atoms with Gasteiger partial charge >= 0.3 is 0 Å². The Bertz CT molecular complexity index is 1520. The molecule has 0 nitrogen and oxygen atoms in total. The van der Waals surface area contributed by atoms with Crippen molar-refractivity contribution in [1.29, 1.82) is 0 Å². The molecule has 0 spiro atoms. The minimum absolute atomic E-state index is 0.0325. The van der Waals surface area contributed by atoms with E-state index < -0.39 is 0 Å². The number of hydrogen-bond acceptors (Lipinski definition) is 0. The van der Waals surface area contributed by atoms with E-state index in [1.165, 1.54) is 55.6 Å².